The minimum Gasteiger partial charge on any atom is -0.454 e. The van der Waals surface area contributed by atoms with Gasteiger partial charge in [-0.05, 0) is 59.2 Å². The van der Waals surface area contributed by atoms with Crippen molar-refractivity contribution in [1.82, 2.24) is 0 Å². The van der Waals surface area contributed by atoms with E-state index >= 15 is 0 Å². The zero-order chi connectivity index (χ0) is 29.7. The summed E-state index contributed by atoms with van der Waals surface area (Å²) in [4.78, 5) is 2.38. The van der Waals surface area contributed by atoms with Crippen molar-refractivity contribution in [2.75, 3.05) is 4.90 Å². The summed E-state index contributed by atoms with van der Waals surface area (Å²) >= 11 is 1.84. The van der Waals surface area contributed by atoms with Gasteiger partial charge in [-0.1, -0.05) is 121 Å². The Bertz CT molecular complexity index is 2470. The Kier molecular flexibility index (Phi) is 6.03. The Morgan fingerprint density at radius 3 is 1.82 bits per heavy atom. The second-order valence-electron chi connectivity index (χ2n) is 11.3. The summed E-state index contributed by atoms with van der Waals surface area (Å²) in [6.07, 6.45) is 0. The third kappa shape index (κ3) is 4.32. The first-order valence-corrected chi connectivity index (χ1v) is 16.0. The molecule has 0 saturated carbocycles. The molecule has 45 heavy (non-hydrogen) atoms. The molecule has 0 saturated heterocycles. The van der Waals surface area contributed by atoms with Crippen LogP contribution in [0.3, 0.4) is 0 Å². The van der Waals surface area contributed by atoms with Crippen molar-refractivity contribution in [2.24, 2.45) is 0 Å². The molecule has 2 aromatic heterocycles. The van der Waals surface area contributed by atoms with Crippen molar-refractivity contribution in [3.05, 3.63) is 164 Å². The highest BCUT2D eigenvalue weighted by Gasteiger charge is 2.24. The van der Waals surface area contributed by atoms with Crippen LogP contribution in [0, 0.1) is 0 Å². The molecular weight excluding hydrogens is 567 g/mol. The van der Waals surface area contributed by atoms with Crippen molar-refractivity contribution >= 4 is 70.5 Å². The zero-order valence-electron chi connectivity index (χ0n) is 24.4. The van der Waals surface area contributed by atoms with E-state index in [4.69, 9.17) is 4.42 Å². The molecule has 0 fully saturated rings. The van der Waals surface area contributed by atoms with Crippen molar-refractivity contribution in [3.8, 4) is 22.3 Å². The fourth-order valence-electron chi connectivity index (χ4n) is 6.54. The van der Waals surface area contributed by atoms with Crippen molar-refractivity contribution < 1.29 is 4.42 Å². The van der Waals surface area contributed by atoms with Crippen LogP contribution in [0.1, 0.15) is 0 Å². The minimum absolute atomic E-state index is 0.876. The molecule has 0 spiro atoms. The summed E-state index contributed by atoms with van der Waals surface area (Å²) in [6.45, 7) is 0. The molecule has 212 valence electrons. The third-order valence-electron chi connectivity index (χ3n) is 8.68. The van der Waals surface area contributed by atoms with Gasteiger partial charge in [0.15, 0.2) is 5.58 Å². The lowest BCUT2D eigenvalue weighted by Crippen LogP contribution is -2.11. The summed E-state index contributed by atoms with van der Waals surface area (Å²) < 4.78 is 9.32. The molecule has 0 bridgehead atoms. The van der Waals surface area contributed by atoms with Crippen LogP contribution in [0.2, 0.25) is 0 Å². The molecule has 0 radical (unpaired) electrons. The average molecular weight is 594 g/mol. The lowest BCUT2D eigenvalue weighted by Gasteiger charge is -2.28. The monoisotopic (exact) mass is 593 g/mol. The lowest BCUT2D eigenvalue weighted by atomic mass is 9.98. The van der Waals surface area contributed by atoms with E-state index in [1.165, 1.54) is 31.3 Å². The van der Waals surface area contributed by atoms with Crippen LogP contribution in [0.5, 0.6) is 0 Å². The van der Waals surface area contributed by atoms with Gasteiger partial charge in [-0.25, -0.2) is 0 Å². The minimum atomic E-state index is 0.876. The van der Waals surface area contributed by atoms with Gasteiger partial charge in [0, 0.05) is 47.9 Å². The molecule has 0 amide bonds. The summed E-state index contributed by atoms with van der Waals surface area (Å²) in [5.41, 5.74) is 9.60. The van der Waals surface area contributed by atoms with Gasteiger partial charge >= 0.3 is 0 Å². The smallest absolute Gasteiger partial charge is 0.160 e. The van der Waals surface area contributed by atoms with Crippen LogP contribution >= 0.6 is 11.3 Å². The number of nitrogens with zero attached hydrogens (tertiary/aromatic N) is 1. The molecule has 9 aromatic rings. The number of thiophene rings is 1. The van der Waals surface area contributed by atoms with E-state index in [-0.39, 0.29) is 0 Å². The summed E-state index contributed by atoms with van der Waals surface area (Å²) in [6, 6.07) is 58.4. The number of hydrogen-bond donors (Lipinski definition) is 0. The Morgan fingerprint density at radius 2 is 1.02 bits per heavy atom. The highest BCUT2D eigenvalue weighted by molar-refractivity contribution is 7.25. The standard InChI is InChI=1S/C42H27NOS/c1-3-11-28(12-4-1)29-19-21-31(22-20-29)43(32-23-24-36-35-16-8-10-18-39(35)45-40(36)27-32)41-33(30-13-5-2-6-14-30)25-26-37-34-15-7-9-17-38(34)44-42(37)41/h1-27H. The molecule has 0 unspecified atom stereocenters. The third-order valence-corrected chi connectivity index (χ3v) is 9.82. The molecule has 0 atom stereocenters. The maximum absolute atomic E-state index is 6.76. The highest BCUT2D eigenvalue weighted by Crippen LogP contribution is 2.48. The van der Waals surface area contributed by atoms with Gasteiger partial charge in [-0.3, -0.25) is 0 Å². The first-order valence-electron chi connectivity index (χ1n) is 15.2. The topological polar surface area (TPSA) is 16.4 Å². The maximum Gasteiger partial charge on any atom is 0.160 e. The van der Waals surface area contributed by atoms with Crippen LogP contribution in [0.4, 0.5) is 17.1 Å². The van der Waals surface area contributed by atoms with Crippen LogP contribution < -0.4 is 4.90 Å². The van der Waals surface area contributed by atoms with Gasteiger partial charge in [0.05, 0.1) is 5.69 Å². The second kappa shape index (κ2) is 10.5. The highest BCUT2D eigenvalue weighted by atomic mass is 32.1. The van der Waals surface area contributed by atoms with E-state index in [9.17, 15) is 0 Å². The van der Waals surface area contributed by atoms with E-state index in [2.05, 4.69) is 163 Å². The van der Waals surface area contributed by atoms with Crippen molar-refractivity contribution in [2.45, 2.75) is 0 Å². The molecule has 0 aliphatic rings. The molecule has 0 aliphatic carbocycles. The lowest BCUT2D eigenvalue weighted by molar-refractivity contribution is 0.669. The number of furan rings is 1. The molecule has 7 aromatic carbocycles. The van der Waals surface area contributed by atoms with E-state index < -0.39 is 0 Å². The number of anilines is 3. The van der Waals surface area contributed by atoms with Crippen molar-refractivity contribution in [3.63, 3.8) is 0 Å². The van der Waals surface area contributed by atoms with Crippen molar-refractivity contribution in [1.29, 1.82) is 0 Å². The predicted molar refractivity (Wildman–Crippen MR) is 192 cm³/mol. The fraction of sp³-hybridized carbons (Fsp3) is 0. The number of hydrogen-bond acceptors (Lipinski definition) is 3. The molecule has 2 heterocycles. The zero-order valence-corrected chi connectivity index (χ0v) is 25.2. The van der Waals surface area contributed by atoms with E-state index in [1.54, 1.807) is 0 Å². The molecule has 0 aliphatic heterocycles. The predicted octanol–water partition coefficient (Wildman–Crippen LogP) is 12.8. The first kappa shape index (κ1) is 25.8. The number of benzene rings is 7. The van der Waals surface area contributed by atoms with Gasteiger partial charge < -0.3 is 9.32 Å². The summed E-state index contributed by atoms with van der Waals surface area (Å²) in [5.74, 6) is 0. The van der Waals surface area contributed by atoms with Crippen LogP contribution in [0.25, 0.3) is 64.4 Å². The number of fused-ring (bicyclic) bond motifs is 6. The first-order chi connectivity index (χ1) is 22.3. The van der Waals surface area contributed by atoms with Crippen LogP contribution in [-0.2, 0) is 0 Å². The molecule has 9 rings (SSSR count). The van der Waals surface area contributed by atoms with Gasteiger partial charge in [0.25, 0.3) is 0 Å². The Labute approximate surface area is 265 Å². The quantitative estimate of drug-likeness (QED) is 0.197. The van der Waals surface area contributed by atoms with E-state index in [1.807, 2.05) is 17.4 Å². The van der Waals surface area contributed by atoms with Gasteiger partial charge in [0.1, 0.15) is 5.58 Å². The van der Waals surface area contributed by atoms with Gasteiger partial charge in [-0.2, -0.15) is 0 Å². The Balaban J connectivity index is 1.34. The summed E-state index contributed by atoms with van der Waals surface area (Å²) in [5, 5.41) is 4.80. The van der Waals surface area contributed by atoms with Gasteiger partial charge in [-0.15, -0.1) is 11.3 Å². The Morgan fingerprint density at radius 1 is 0.422 bits per heavy atom. The summed E-state index contributed by atoms with van der Waals surface area (Å²) in [7, 11) is 0. The maximum atomic E-state index is 6.76. The molecular formula is C42H27NOS. The molecule has 3 heteroatoms. The second-order valence-corrected chi connectivity index (χ2v) is 12.4. The van der Waals surface area contributed by atoms with E-state index in [0.29, 0.717) is 0 Å². The normalized spacial score (nSPS) is 11.6. The Hall–Kier alpha value is -5.64. The van der Waals surface area contributed by atoms with Crippen LogP contribution in [0.15, 0.2) is 168 Å². The fourth-order valence-corrected chi connectivity index (χ4v) is 7.68. The van der Waals surface area contributed by atoms with E-state index in [0.717, 1.165) is 50.1 Å². The van der Waals surface area contributed by atoms with Gasteiger partial charge in [0.2, 0.25) is 0 Å². The molecule has 0 N–H and O–H groups in total. The number of para-hydroxylation sites is 1. The SMILES string of the molecule is c1ccc(-c2ccc(N(c3ccc4c(c3)sc3ccccc34)c3c(-c4ccccc4)ccc4c3oc3ccccc34)cc2)cc1. The number of rotatable bonds is 5. The largest absolute Gasteiger partial charge is 0.454 e. The average Bonchev–Trinajstić information content (AvgIpc) is 3.68. The van der Waals surface area contributed by atoms with Crippen LogP contribution in [-0.4, -0.2) is 0 Å². The molecule has 2 nitrogen and oxygen atoms in total.